The molecule has 1 aliphatic heterocycles. The van der Waals surface area contributed by atoms with Gasteiger partial charge in [0.2, 0.25) is 5.95 Å². The first kappa shape index (κ1) is 15.9. The lowest BCUT2D eigenvalue weighted by Gasteiger charge is -2.38. The molecule has 2 aromatic heterocycles. The van der Waals surface area contributed by atoms with Crippen molar-refractivity contribution < 1.29 is 4.74 Å². The number of hydrogen-bond acceptors (Lipinski definition) is 6. The largest absolute Gasteiger partial charge is 0.378 e. The zero-order valence-electron chi connectivity index (χ0n) is 15.7. The predicted octanol–water partition coefficient (Wildman–Crippen LogP) is 3.36. The van der Waals surface area contributed by atoms with Crippen molar-refractivity contribution >= 4 is 17.6 Å². The number of methoxy groups -OCH3 is 1. The molecule has 0 spiro atoms. The highest BCUT2D eigenvalue weighted by molar-refractivity contribution is 5.54. The third-order valence-electron chi connectivity index (χ3n) is 7.33. The molecule has 142 valence electrons. The van der Waals surface area contributed by atoms with Gasteiger partial charge in [-0.15, -0.1) is 0 Å². The van der Waals surface area contributed by atoms with Gasteiger partial charge in [0, 0.05) is 49.0 Å². The van der Waals surface area contributed by atoms with Gasteiger partial charge in [-0.3, -0.25) is 5.10 Å². The number of aromatic amines is 1. The molecule has 0 aromatic carbocycles. The van der Waals surface area contributed by atoms with Crippen LogP contribution in [0.4, 0.5) is 17.6 Å². The lowest BCUT2D eigenvalue weighted by molar-refractivity contribution is -0.0232. The second-order valence-corrected chi connectivity index (χ2v) is 8.85. The van der Waals surface area contributed by atoms with Crippen molar-refractivity contribution in [2.75, 3.05) is 23.9 Å². The van der Waals surface area contributed by atoms with Gasteiger partial charge in [-0.05, 0) is 51.0 Å². The quantitative estimate of drug-likeness (QED) is 0.816. The Hall–Kier alpha value is -2.15. The van der Waals surface area contributed by atoms with E-state index in [1.165, 1.54) is 50.6 Å². The molecule has 4 fully saturated rings. The van der Waals surface area contributed by atoms with E-state index < -0.39 is 0 Å². The topological polar surface area (TPSA) is 79.0 Å². The zero-order valence-corrected chi connectivity index (χ0v) is 15.7. The van der Waals surface area contributed by atoms with Crippen LogP contribution in [-0.4, -0.2) is 45.5 Å². The summed E-state index contributed by atoms with van der Waals surface area (Å²) in [6.45, 7) is 1.02. The van der Waals surface area contributed by atoms with Crippen LogP contribution in [0.5, 0.6) is 0 Å². The lowest BCUT2D eigenvalue weighted by Crippen LogP contribution is -2.44. The molecule has 0 amide bonds. The van der Waals surface area contributed by atoms with Crippen LogP contribution < -0.4 is 10.2 Å². The summed E-state index contributed by atoms with van der Waals surface area (Å²) in [7, 11) is 1.89. The summed E-state index contributed by atoms with van der Waals surface area (Å²) in [5, 5.41) is 10.8. The van der Waals surface area contributed by atoms with E-state index in [0.29, 0.717) is 17.4 Å². The van der Waals surface area contributed by atoms with Crippen molar-refractivity contribution in [1.29, 1.82) is 0 Å². The van der Waals surface area contributed by atoms with E-state index in [2.05, 4.69) is 31.5 Å². The van der Waals surface area contributed by atoms with Crippen LogP contribution in [-0.2, 0) is 4.74 Å². The van der Waals surface area contributed by atoms with Crippen LogP contribution >= 0.6 is 0 Å². The molecule has 27 heavy (non-hydrogen) atoms. The Morgan fingerprint density at radius 2 is 2.11 bits per heavy atom. The normalized spacial score (nSPS) is 30.7. The van der Waals surface area contributed by atoms with Crippen molar-refractivity contribution in [3.05, 3.63) is 24.0 Å². The molecule has 4 aliphatic rings. The summed E-state index contributed by atoms with van der Waals surface area (Å²) in [5.74, 6) is 3.13. The molecule has 7 heteroatoms. The number of aromatic nitrogens is 4. The minimum atomic E-state index is 0.112. The van der Waals surface area contributed by atoms with E-state index in [9.17, 15) is 0 Å². The fourth-order valence-electron chi connectivity index (χ4n) is 5.51. The minimum absolute atomic E-state index is 0.112. The molecular weight excluding hydrogens is 340 g/mol. The van der Waals surface area contributed by atoms with Crippen LogP contribution in [0.2, 0.25) is 0 Å². The SMILES string of the molecule is COC1(C23CCC(C2)N(c2nccc(Nc4cc(C5CC5)[nH]n4)n2)C3)CC1. The number of ether oxygens (including phenoxy) is 1. The van der Waals surface area contributed by atoms with Gasteiger partial charge in [0.25, 0.3) is 0 Å². The third kappa shape index (κ3) is 2.40. The van der Waals surface area contributed by atoms with E-state index in [1.54, 1.807) is 0 Å². The van der Waals surface area contributed by atoms with E-state index >= 15 is 0 Å². The number of H-pyrrole nitrogens is 1. The number of piperidine rings is 1. The highest BCUT2D eigenvalue weighted by Crippen LogP contribution is 2.64. The second kappa shape index (κ2) is 5.44. The fraction of sp³-hybridized carbons (Fsp3) is 0.650. The van der Waals surface area contributed by atoms with Crippen LogP contribution in [0, 0.1) is 5.41 Å². The molecule has 2 aromatic rings. The molecule has 2 bridgehead atoms. The van der Waals surface area contributed by atoms with Gasteiger partial charge < -0.3 is 15.0 Å². The lowest BCUT2D eigenvalue weighted by atomic mass is 9.79. The molecule has 0 radical (unpaired) electrons. The van der Waals surface area contributed by atoms with Crippen molar-refractivity contribution in [3.8, 4) is 0 Å². The number of anilines is 3. The van der Waals surface area contributed by atoms with Crippen LogP contribution in [0.3, 0.4) is 0 Å². The third-order valence-corrected chi connectivity index (χ3v) is 7.33. The summed E-state index contributed by atoms with van der Waals surface area (Å²) >= 11 is 0. The summed E-state index contributed by atoms with van der Waals surface area (Å²) < 4.78 is 5.98. The van der Waals surface area contributed by atoms with E-state index in [1.807, 2.05) is 19.4 Å². The number of nitrogens with one attached hydrogen (secondary N) is 2. The zero-order chi connectivity index (χ0) is 18.1. The molecule has 6 rings (SSSR count). The molecule has 3 heterocycles. The van der Waals surface area contributed by atoms with Crippen LogP contribution in [0.15, 0.2) is 18.3 Å². The maximum atomic E-state index is 5.98. The van der Waals surface area contributed by atoms with Crippen LogP contribution in [0.25, 0.3) is 0 Å². The standard InChI is InChI=1S/C20H26N6O/c1-27-20(7-8-20)19-6-4-14(11-19)26(12-19)18-21-9-5-16(23-18)22-17-10-15(24-25-17)13-2-3-13/h5,9-10,13-14H,2-4,6-8,11-12H2,1H3,(H2,21,22,23,24,25). The summed E-state index contributed by atoms with van der Waals surface area (Å²) in [5.41, 5.74) is 1.63. The second-order valence-electron chi connectivity index (χ2n) is 8.85. The van der Waals surface area contributed by atoms with Gasteiger partial charge in [0.05, 0.1) is 5.60 Å². The highest BCUT2D eigenvalue weighted by Gasteiger charge is 2.66. The van der Waals surface area contributed by atoms with Crippen molar-refractivity contribution in [2.24, 2.45) is 5.41 Å². The Bertz CT molecular complexity index is 873. The number of fused-ring (bicyclic) bond motifs is 2. The van der Waals surface area contributed by atoms with Crippen molar-refractivity contribution in [3.63, 3.8) is 0 Å². The first-order chi connectivity index (χ1) is 13.2. The Balaban J connectivity index is 1.22. The smallest absolute Gasteiger partial charge is 0.227 e. The first-order valence-electron chi connectivity index (χ1n) is 10.2. The summed E-state index contributed by atoms with van der Waals surface area (Å²) in [6, 6.07) is 4.55. The van der Waals surface area contributed by atoms with Gasteiger partial charge in [0.1, 0.15) is 5.82 Å². The van der Waals surface area contributed by atoms with Gasteiger partial charge in [-0.1, -0.05) is 0 Å². The molecule has 2 N–H and O–H groups in total. The molecule has 2 unspecified atom stereocenters. The molecule has 3 aliphatic carbocycles. The van der Waals surface area contributed by atoms with Gasteiger partial charge in [-0.25, -0.2) is 4.98 Å². The number of nitrogens with zero attached hydrogens (tertiary/aromatic N) is 4. The van der Waals surface area contributed by atoms with E-state index in [-0.39, 0.29) is 5.60 Å². The van der Waals surface area contributed by atoms with Gasteiger partial charge in [0.15, 0.2) is 5.82 Å². The Morgan fingerprint density at radius 3 is 2.89 bits per heavy atom. The van der Waals surface area contributed by atoms with E-state index in [0.717, 1.165) is 24.1 Å². The van der Waals surface area contributed by atoms with Gasteiger partial charge >= 0.3 is 0 Å². The average Bonchev–Trinajstić information content (AvgIpc) is 3.59. The number of hydrogen-bond donors (Lipinski definition) is 2. The highest BCUT2D eigenvalue weighted by atomic mass is 16.5. The van der Waals surface area contributed by atoms with Crippen molar-refractivity contribution in [2.45, 2.75) is 62.5 Å². The molecular formula is C20H26N6O. The number of rotatable bonds is 6. The Kier molecular flexibility index (Phi) is 3.20. The maximum Gasteiger partial charge on any atom is 0.227 e. The van der Waals surface area contributed by atoms with Gasteiger partial charge in [-0.2, -0.15) is 10.1 Å². The molecule has 3 saturated carbocycles. The predicted molar refractivity (Wildman–Crippen MR) is 102 cm³/mol. The summed E-state index contributed by atoms with van der Waals surface area (Å²) in [6.07, 6.45) is 10.5. The Morgan fingerprint density at radius 1 is 1.22 bits per heavy atom. The molecule has 7 nitrogen and oxygen atoms in total. The average molecular weight is 366 g/mol. The maximum absolute atomic E-state index is 5.98. The monoisotopic (exact) mass is 366 g/mol. The summed E-state index contributed by atoms with van der Waals surface area (Å²) in [4.78, 5) is 11.8. The Labute approximate surface area is 158 Å². The van der Waals surface area contributed by atoms with Crippen molar-refractivity contribution in [1.82, 2.24) is 20.2 Å². The molecule has 2 atom stereocenters. The van der Waals surface area contributed by atoms with E-state index in [4.69, 9.17) is 9.72 Å². The minimum Gasteiger partial charge on any atom is -0.378 e. The van der Waals surface area contributed by atoms with Crippen LogP contribution in [0.1, 0.15) is 56.6 Å². The molecule has 1 saturated heterocycles. The fourth-order valence-corrected chi connectivity index (χ4v) is 5.51. The first-order valence-corrected chi connectivity index (χ1v) is 10.2.